The highest BCUT2D eigenvalue weighted by molar-refractivity contribution is 5.31. The van der Waals surface area contributed by atoms with Gasteiger partial charge in [-0.1, -0.05) is 64.1 Å². The molecule has 0 unspecified atom stereocenters. The zero-order valence-electron chi connectivity index (χ0n) is 14.0. The van der Waals surface area contributed by atoms with E-state index in [0.29, 0.717) is 0 Å². The number of nitriles is 1. The highest BCUT2D eigenvalue weighted by Gasteiger charge is 1.89. The summed E-state index contributed by atoms with van der Waals surface area (Å²) in [7, 11) is 0. The molecule has 0 amide bonds. The van der Waals surface area contributed by atoms with E-state index in [1.807, 2.05) is 38.1 Å². The van der Waals surface area contributed by atoms with Crippen molar-refractivity contribution < 1.29 is 0 Å². The van der Waals surface area contributed by atoms with Gasteiger partial charge >= 0.3 is 0 Å². The van der Waals surface area contributed by atoms with Gasteiger partial charge in [-0.05, 0) is 48.6 Å². The van der Waals surface area contributed by atoms with E-state index in [9.17, 15) is 0 Å². The Hall–Kier alpha value is -2.07. The number of hydrogen-bond acceptors (Lipinski definition) is 1. The molecule has 0 N–H and O–H groups in total. The fourth-order valence-electron chi connectivity index (χ4n) is 1.82. The van der Waals surface area contributed by atoms with Gasteiger partial charge in [0.15, 0.2) is 0 Å². The summed E-state index contributed by atoms with van der Waals surface area (Å²) >= 11 is 0. The zero-order chi connectivity index (χ0) is 16.1. The molecule has 0 aromatic heterocycles. The predicted molar refractivity (Wildman–Crippen MR) is 92.4 cm³/mol. The molecule has 0 saturated carbocycles. The molecule has 112 valence electrons. The molecule has 0 aliphatic rings. The normalized spacial score (nSPS) is 8.57. The van der Waals surface area contributed by atoms with Crippen LogP contribution in [0.2, 0.25) is 0 Å². The highest BCUT2D eigenvalue weighted by atomic mass is 14.2. The molecule has 0 aliphatic heterocycles. The molecule has 0 fully saturated rings. The second-order valence-electron chi connectivity index (χ2n) is 4.44. The van der Waals surface area contributed by atoms with Gasteiger partial charge in [0.25, 0.3) is 0 Å². The molecule has 1 nitrogen and oxygen atoms in total. The van der Waals surface area contributed by atoms with E-state index in [1.165, 1.54) is 16.7 Å². The number of benzene rings is 2. The van der Waals surface area contributed by atoms with Gasteiger partial charge in [-0.25, -0.2) is 0 Å². The first-order chi connectivity index (χ1) is 10.2. The molecule has 0 heterocycles. The third-order valence-corrected chi connectivity index (χ3v) is 3.13. The number of aryl methyl sites for hydroxylation is 3. The van der Waals surface area contributed by atoms with Gasteiger partial charge in [-0.3, -0.25) is 0 Å². The minimum atomic E-state index is 0.734. The zero-order valence-corrected chi connectivity index (χ0v) is 14.0. The smallest absolute Gasteiger partial charge is 0.0991 e. The summed E-state index contributed by atoms with van der Waals surface area (Å²) in [6.07, 6.45) is 2.18. The monoisotopic (exact) mass is 281 g/mol. The first kappa shape index (κ1) is 18.9. The van der Waals surface area contributed by atoms with E-state index in [0.717, 1.165) is 18.4 Å². The number of nitrogens with zero attached hydrogens (tertiary/aromatic N) is 1. The molecule has 0 saturated heterocycles. The lowest BCUT2D eigenvalue weighted by Crippen LogP contribution is -1.82. The van der Waals surface area contributed by atoms with Crippen molar-refractivity contribution in [2.45, 2.75) is 47.5 Å². The van der Waals surface area contributed by atoms with E-state index >= 15 is 0 Å². The Morgan fingerprint density at radius 1 is 0.857 bits per heavy atom. The maximum Gasteiger partial charge on any atom is 0.0991 e. The largest absolute Gasteiger partial charge is 0.192 e. The molecular weight excluding hydrogens is 254 g/mol. The van der Waals surface area contributed by atoms with Gasteiger partial charge in [0.1, 0.15) is 0 Å². The van der Waals surface area contributed by atoms with Crippen LogP contribution < -0.4 is 0 Å². The van der Waals surface area contributed by atoms with E-state index in [2.05, 4.69) is 51.1 Å². The van der Waals surface area contributed by atoms with Crippen molar-refractivity contribution in [2.75, 3.05) is 0 Å². The lowest BCUT2D eigenvalue weighted by molar-refractivity contribution is 1.11. The molecule has 21 heavy (non-hydrogen) atoms. The number of hydrogen-bond donors (Lipinski definition) is 0. The fraction of sp³-hybridized carbons (Fsp3) is 0.350. The minimum Gasteiger partial charge on any atom is -0.192 e. The quantitative estimate of drug-likeness (QED) is 0.692. The van der Waals surface area contributed by atoms with Crippen molar-refractivity contribution in [2.24, 2.45) is 0 Å². The van der Waals surface area contributed by atoms with Gasteiger partial charge in [-0.2, -0.15) is 5.26 Å². The average Bonchev–Trinajstić information content (AvgIpc) is 2.58. The van der Waals surface area contributed by atoms with Crippen LogP contribution in [0.15, 0.2) is 48.5 Å². The summed E-state index contributed by atoms with van der Waals surface area (Å²) in [4.78, 5) is 0. The Morgan fingerprint density at radius 3 is 1.81 bits per heavy atom. The maximum atomic E-state index is 8.45. The van der Waals surface area contributed by atoms with Crippen LogP contribution in [0.25, 0.3) is 0 Å². The molecule has 0 aliphatic carbocycles. The molecule has 1 heteroatoms. The lowest BCUT2D eigenvalue weighted by Gasteiger charge is -1.98. The Kier molecular flexibility index (Phi) is 10.6. The summed E-state index contributed by atoms with van der Waals surface area (Å²) in [6.45, 7) is 10.4. The van der Waals surface area contributed by atoms with Gasteiger partial charge in [0, 0.05) is 0 Å². The van der Waals surface area contributed by atoms with Crippen LogP contribution in [-0.2, 0) is 12.8 Å². The average molecular weight is 281 g/mol. The predicted octanol–water partition coefficient (Wildman–Crippen LogP) is 5.70. The third-order valence-electron chi connectivity index (χ3n) is 3.13. The fourth-order valence-corrected chi connectivity index (χ4v) is 1.82. The van der Waals surface area contributed by atoms with Crippen LogP contribution in [0.3, 0.4) is 0 Å². The maximum absolute atomic E-state index is 8.45. The van der Waals surface area contributed by atoms with E-state index in [4.69, 9.17) is 5.26 Å². The molecular formula is C20H27N. The SMILES string of the molecule is CC.CCc1ccc(C#N)cc1.CCc1ccccc1C. The lowest BCUT2D eigenvalue weighted by atomic mass is 10.1. The van der Waals surface area contributed by atoms with E-state index < -0.39 is 0 Å². The molecule has 0 bridgehead atoms. The van der Waals surface area contributed by atoms with Crippen molar-refractivity contribution in [3.63, 3.8) is 0 Å². The first-order valence-electron chi connectivity index (χ1n) is 7.74. The summed E-state index contributed by atoms with van der Waals surface area (Å²) < 4.78 is 0. The van der Waals surface area contributed by atoms with Crippen LogP contribution in [-0.4, -0.2) is 0 Å². The van der Waals surface area contributed by atoms with Gasteiger partial charge in [0.2, 0.25) is 0 Å². The van der Waals surface area contributed by atoms with Crippen LogP contribution in [0.4, 0.5) is 0 Å². The Labute approximate surface area is 130 Å². The van der Waals surface area contributed by atoms with Crippen molar-refractivity contribution in [3.05, 3.63) is 70.8 Å². The Morgan fingerprint density at radius 2 is 1.43 bits per heavy atom. The van der Waals surface area contributed by atoms with Gasteiger partial charge < -0.3 is 0 Å². The van der Waals surface area contributed by atoms with Crippen LogP contribution >= 0.6 is 0 Å². The topological polar surface area (TPSA) is 23.8 Å². The summed E-state index contributed by atoms with van der Waals surface area (Å²) in [5, 5.41) is 8.45. The summed E-state index contributed by atoms with van der Waals surface area (Å²) in [6, 6.07) is 18.2. The van der Waals surface area contributed by atoms with Crippen LogP contribution in [0.5, 0.6) is 0 Å². The van der Waals surface area contributed by atoms with Crippen molar-refractivity contribution in [3.8, 4) is 6.07 Å². The van der Waals surface area contributed by atoms with E-state index in [-0.39, 0.29) is 0 Å². The molecule has 0 radical (unpaired) electrons. The second-order valence-corrected chi connectivity index (χ2v) is 4.44. The minimum absolute atomic E-state index is 0.734. The second kappa shape index (κ2) is 11.7. The first-order valence-corrected chi connectivity index (χ1v) is 7.74. The summed E-state index contributed by atoms with van der Waals surface area (Å²) in [5.41, 5.74) is 4.87. The molecule has 2 rings (SSSR count). The number of rotatable bonds is 2. The van der Waals surface area contributed by atoms with Crippen molar-refractivity contribution >= 4 is 0 Å². The van der Waals surface area contributed by atoms with Gasteiger partial charge in [-0.15, -0.1) is 0 Å². The molecule has 0 spiro atoms. The Bertz CT molecular complexity index is 533. The Balaban J connectivity index is 0.000000342. The third kappa shape index (κ3) is 7.32. The molecule has 2 aromatic carbocycles. The molecule has 0 atom stereocenters. The molecule has 2 aromatic rings. The summed E-state index contributed by atoms with van der Waals surface area (Å²) in [5.74, 6) is 0. The van der Waals surface area contributed by atoms with E-state index in [1.54, 1.807) is 0 Å². The van der Waals surface area contributed by atoms with Crippen LogP contribution in [0.1, 0.15) is 49.9 Å². The highest BCUT2D eigenvalue weighted by Crippen LogP contribution is 2.06. The van der Waals surface area contributed by atoms with Crippen LogP contribution in [0, 0.1) is 18.3 Å². The standard InChI is InChI=1S/C9H9N.C9H12.C2H6/c1-2-8-3-5-9(7-10)6-4-8;1-3-9-7-5-4-6-8(9)2;1-2/h3-6H,2H2,1H3;4-7H,3H2,1-2H3;1-2H3. The van der Waals surface area contributed by atoms with Gasteiger partial charge in [0.05, 0.1) is 11.6 Å². The van der Waals surface area contributed by atoms with Crippen molar-refractivity contribution in [1.29, 1.82) is 5.26 Å². The van der Waals surface area contributed by atoms with Crippen molar-refractivity contribution in [1.82, 2.24) is 0 Å².